The van der Waals surface area contributed by atoms with Gasteiger partial charge in [-0.25, -0.2) is 9.97 Å². The number of fused-ring (bicyclic) bond motifs is 3. The monoisotopic (exact) mass is 419 g/mol. The average Bonchev–Trinajstić information content (AvgIpc) is 3.35. The summed E-state index contributed by atoms with van der Waals surface area (Å²) in [6.07, 6.45) is 3.21. The summed E-state index contributed by atoms with van der Waals surface area (Å²) in [4.78, 5) is 26.8. The first-order valence-electron chi connectivity index (χ1n) is 10.5. The van der Waals surface area contributed by atoms with Gasteiger partial charge >= 0.3 is 0 Å². The van der Waals surface area contributed by atoms with Crippen LogP contribution < -0.4 is 10.6 Å². The lowest BCUT2D eigenvalue weighted by atomic mass is 10.1. The van der Waals surface area contributed by atoms with Crippen LogP contribution in [0.3, 0.4) is 0 Å². The first kappa shape index (κ1) is 20.9. The van der Waals surface area contributed by atoms with Crippen molar-refractivity contribution in [2.24, 2.45) is 7.05 Å². The molecule has 1 amide bonds. The molecule has 0 spiro atoms. The molecule has 0 aliphatic carbocycles. The zero-order valence-electron chi connectivity index (χ0n) is 18.5. The van der Waals surface area contributed by atoms with Crippen LogP contribution in [0.5, 0.6) is 0 Å². The third-order valence-corrected chi connectivity index (χ3v) is 5.41. The molecule has 162 valence electrons. The summed E-state index contributed by atoms with van der Waals surface area (Å²) in [6.45, 7) is 1.43. The molecule has 31 heavy (non-hydrogen) atoms. The maximum atomic E-state index is 12.1. The quantitative estimate of drug-likeness (QED) is 0.408. The molecule has 0 radical (unpaired) electrons. The van der Waals surface area contributed by atoms with Crippen LogP contribution in [-0.4, -0.2) is 58.0 Å². The van der Waals surface area contributed by atoms with E-state index in [4.69, 9.17) is 4.98 Å². The third-order valence-electron chi connectivity index (χ3n) is 5.41. The highest BCUT2D eigenvalue weighted by Gasteiger charge is 2.15. The molecule has 4 aromatic rings. The highest BCUT2D eigenvalue weighted by Crippen LogP contribution is 2.31. The zero-order valence-corrected chi connectivity index (χ0v) is 18.5. The fourth-order valence-electron chi connectivity index (χ4n) is 3.82. The van der Waals surface area contributed by atoms with Crippen LogP contribution in [0.2, 0.25) is 0 Å². The number of anilines is 1. The second kappa shape index (κ2) is 8.77. The van der Waals surface area contributed by atoms with E-state index in [2.05, 4.69) is 43.7 Å². The lowest BCUT2D eigenvalue weighted by Crippen LogP contribution is -2.24. The van der Waals surface area contributed by atoms with Gasteiger partial charge in [-0.2, -0.15) is 0 Å². The van der Waals surface area contributed by atoms with Gasteiger partial charge in [0.05, 0.1) is 11.8 Å². The van der Waals surface area contributed by atoms with Crippen molar-refractivity contribution in [3.8, 4) is 11.3 Å². The molecule has 0 bridgehead atoms. The van der Waals surface area contributed by atoms with E-state index in [1.807, 2.05) is 44.9 Å². The normalized spacial score (nSPS) is 11.5. The molecule has 8 nitrogen and oxygen atoms in total. The molecule has 0 aliphatic heterocycles. The van der Waals surface area contributed by atoms with Gasteiger partial charge in [0.25, 0.3) is 0 Å². The SMILES string of the molecule is CNc1nc2[nH]c(-c3cccc(CNC(=O)CCCN(C)C)c3)cc2c2c1ncn2C. The van der Waals surface area contributed by atoms with Crippen molar-refractivity contribution in [2.75, 3.05) is 33.0 Å². The van der Waals surface area contributed by atoms with Crippen molar-refractivity contribution in [1.82, 2.24) is 29.7 Å². The Balaban J connectivity index is 1.56. The Bertz CT molecular complexity index is 1220. The fourth-order valence-corrected chi connectivity index (χ4v) is 3.82. The van der Waals surface area contributed by atoms with E-state index in [1.54, 1.807) is 6.33 Å². The summed E-state index contributed by atoms with van der Waals surface area (Å²) < 4.78 is 2.01. The molecular weight excluding hydrogens is 390 g/mol. The van der Waals surface area contributed by atoms with Gasteiger partial charge in [0.1, 0.15) is 11.2 Å². The maximum Gasteiger partial charge on any atom is 0.220 e. The van der Waals surface area contributed by atoms with Gasteiger partial charge in [-0.1, -0.05) is 18.2 Å². The summed E-state index contributed by atoms with van der Waals surface area (Å²) in [5.41, 5.74) is 5.81. The molecule has 8 heteroatoms. The largest absolute Gasteiger partial charge is 0.371 e. The van der Waals surface area contributed by atoms with Gasteiger partial charge in [-0.3, -0.25) is 4.79 Å². The molecule has 4 rings (SSSR count). The first-order chi connectivity index (χ1) is 15.0. The molecule has 0 fully saturated rings. The van der Waals surface area contributed by atoms with Gasteiger partial charge in [0.15, 0.2) is 5.82 Å². The number of benzene rings is 1. The van der Waals surface area contributed by atoms with Crippen LogP contribution in [0.25, 0.3) is 33.3 Å². The van der Waals surface area contributed by atoms with E-state index in [-0.39, 0.29) is 5.91 Å². The summed E-state index contributed by atoms with van der Waals surface area (Å²) >= 11 is 0. The minimum Gasteiger partial charge on any atom is -0.371 e. The molecule has 0 saturated carbocycles. The average molecular weight is 420 g/mol. The van der Waals surface area contributed by atoms with Crippen LogP contribution in [0.4, 0.5) is 5.82 Å². The van der Waals surface area contributed by atoms with Crippen LogP contribution >= 0.6 is 0 Å². The molecule has 0 aliphatic rings. The van der Waals surface area contributed by atoms with Gasteiger partial charge in [-0.05, 0) is 50.3 Å². The van der Waals surface area contributed by atoms with Crippen molar-refractivity contribution >= 4 is 33.8 Å². The molecule has 3 heterocycles. The second-order valence-electron chi connectivity index (χ2n) is 8.09. The van der Waals surface area contributed by atoms with Crippen LogP contribution in [0.1, 0.15) is 18.4 Å². The van der Waals surface area contributed by atoms with Crippen LogP contribution in [0.15, 0.2) is 36.7 Å². The Labute approximate surface area is 181 Å². The predicted octanol–water partition coefficient (Wildman–Crippen LogP) is 3.12. The van der Waals surface area contributed by atoms with Gasteiger partial charge in [-0.15, -0.1) is 0 Å². The molecule has 1 aromatic carbocycles. The Morgan fingerprint density at radius 2 is 2.10 bits per heavy atom. The number of carbonyl (C=O) groups is 1. The lowest BCUT2D eigenvalue weighted by Gasteiger charge is -2.10. The third kappa shape index (κ3) is 4.39. The standard InChI is InChI=1S/C23H29N7O/c1-24-23-20-21(30(4)14-26-20)17-12-18(27-22(17)28-23)16-8-5-7-15(11-16)13-25-19(31)9-6-10-29(2)3/h5,7-8,11-12,14H,6,9-10,13H2,1-4H3,(H,25,31)(H2,24,27,28). The number of rotatable bonds is 8. The van der Waals surface area contributed by atoms with E-state index < -0.39 is 0 Å². The number of nitrogens with zero attached hydrogens (tertiary/aromatic N) is 4. The number of hydrogen-bond donors (Lipinski definition) is 3. The van der Waals surface area contributed by atoms with Gasteiger partial charge in [0.2, 0.25) is 5.91 Å². The number of H-pyrrole nitrogens is 1. The Hall–Kier alpha value is -3.39. The van der Waals surface area contributed by atoms with Crippen molar-refractivity contribution in [2.45, 2.75) is 19.4 Å². The topological polar surface area (TPSA) is 90.9 Å². The molecular formula is C23H29N7O. The summed E-state index contributed by atoms with van der Waals surface area (Å²) in [6, 6.07) is 10.3. The number of aromatic amines is 1. The highest BCUT2D eigenvalue weighted by molar-refractivity contribution is 6.07. The van der Waals surface area contributed by atoms with Crippen molar-refractivity contribution in [1.29, 1.82) is 0 Å². The van der Waals surface area contributed by atoms with E-state index in [1.165, 1.54) is 0 Å². The molecule has 3 aromatic heterocycles. The number of nitrogens with one attached hydrogen (secondary N) is 3. The van der Waals surface area contributed by atoms with Crippen molar-refractivity contribution in [3.05, 3.63) is 42.2 Å². The van der Waals surface area contributed by atoms with Crippen LogP contribution in [-0.2, 0) is 18.4 Å². The molecule has 0 unspecified atom stereocenters. The summed E-state index contributed by atoms with van der Waals surface area (Å²) in [7, 11) is 7.87. The number of aryl methyl sites for hydroxylation is 1. The van der Waals surface area contributed by atoms with Crippen LogP contribution in [0, 0.1) is 0 Å². The number of amides is 1. The first-order valence-corrected chi connectivity index (χ1v) is 10.5. The predicted molar refractivity (Wildman–Crippen MR) is 125 cm³/mol. The second-order valence-corrected chi connectivity index (χ2v) is 8.09. The summed E-state index contributed by atoms with van der Waals surface area (Å²) in [5, 5.41) is 7.18. The minimum absolute atomic E-state index is 0.0836. The Morgan fingerprint density at radius 1 is 1.26 bits per heavy atom. The maximum absolute atomic E-state index is 12.1. The molecule has 0 saturated heterocycles. The minimum atomic E-state index is 0.0836. The molecule has 3 N–H and O–H groups in total. The Morgan fingerprint density at radius 3 is 2.87 bits per heavy atom. The van der Waals surface area contributed by atoms with E-state index in [0.29, 0.717) is 13.0 Å². The zero-order chi connectivity index (χ0) is 22.0. The van der Waals surface area contributed by atoms with Crippen molar-refractivity contribution < 1.29 is 4.79 Å². The lowest BCUT2D eigenvalue weighted by molar-refractivity contribution is -0.121. The van der Waals surface area contributed by atoms with Gasteiger partial charge in [0, 0.05) is 38.1 Å². The number of carbonyl (C=O) groups excluding carboxylic acids is 1. The fraction of sp³-hybridized carbons (Fsp3) is 0.348. The molecule has 0 atom stereocenters. The smallest absolute Gasteiger partial charge is 0.220 e. The van der Waals surface area contributed by atoms with E-state index >= 15 is 0 Å². The number of imidazole rings is 1. The number of hydrogen-bond acceptors (Lipinski definition) is 5. The number of aromatic nitrogens is 4. The van der Waals surface area contributed by atoms with Crippen molar-refractivity contribution in [3.63, 3.8) is 0 Å². The number of pyridine rings is 1. The van der Waals surface area contributed by atoms with Gasteiger partial charge < -0.3 is 25.1 Å². The summed E-state index contributed by atoms with van der Waals surface area (Å²) in [5.74, 6) is 0.836. The van der Waals surface area contributed by atoms with E-state index in [9.17, 15) is 4.79 Å². The Kier molecular flexibility index (Phi) is 5.90. The van der Waals surface area contributed by atoms with E-state index in [0.717, 1.165) is 57.7 Å². The highest BCUT2D eigenvalue weighted by atomic mass is 16.1.